The van der Waals surface area contributed by atoms with Crippen molar-refractivity contribution in [2.75, 3.05) is 7.11 Å². The van der Waals surface area contributed by atoms with E-state index in [0.717, 1.165) is 0 Å². The van der Waals surface area contributed by atoms with Gasteiger partial charge in [-0.1, -0.05) is 31.4 Å². The quantitative estimate of drug-likeness (QED) is 0.472. The van der Waals surface area contributed by atoms with E-state index in [4.69, 9.17) is 9.47 Å². The summed E-state index contributed by atoms with van der Waals surface area (Å²) in [6, 6.07) is 0. The van der Waals surface area contributed by atoms with Gasteiger partial charge in [-0.3, -0.25) is 4.79 Å². The zero-order chi connectivity index (χ0) is 18.8. The summed E-state index contributed by atoms with van der Waals surface area (Å²) in [6.45, 7) is 6.40. The van der Waals surface area contributed by atoms with E-state index in [-0.39, 0.29) is 18.5 Å². The van der Waals surface area contributed by atoms with Crippen LogP contribution in [0.5, 0.6) is 0 Å². The summed E-state index contributed by atoms with van der Waals surface area (Å²) in [5.41, 5.74) is 1.98. The van der Waals surface area contributed by atoms with Crippen molar-refractivity contribution in [2.45, 2.75) is 81.6 Å². The number of ether oxygens (including phenoxy) is 3. The summed E-state index contributed by atoms with van der Waals surface area (Å²) < 4.78 is 16.2. The Morgan fingerprint density at radius 3 is 2.52 bits per heavy atom. The molecular formula is C17H30O7Si. The zero-order valence-electron chi connectivity index (χ0n) is 15.3. The largest absolute Gasteiger partial charge is 0.469 e. The third-order valence-corrected chi connectivity index (χ3v) is 5.79. The van der Waals surface area contributed by atoms with Crippen molar-refractivity contribution in [2.24, 2.45) is 0 Å². The maximum atomic E-state index is 11.4. The van der Waals surface area contributed by atoms with Gasteiger partial charge in [0.1, 0.15) is 30.5 Å². The van der Waals surface area contributed by atoms with E-state index in [1.165, 1.54) is 7.11 Å². The number of aliphatic hydroxyl groups is 3. The van der Waals surface area contributed by atoms with Gasteiger partial charge in [0.25, 0.3) is 0 Å². The number of hydrogen-bond acceptors (Lipinski definition) is 7. The van der Waals surface area contributed by atoms with Gasteiger partial charge in [-0.15, -0.1) is 0 Å². The van der Waals surface area contributed by atoms with Gasteiger partial charge in [0.05, 0.1) is 33.8 Å². The molecule has 7 atom stereocenters. The van der Waals surface area contributed by atoms with Crippen molar-refractivity contribution in [1.29, 1.82) is 0 Å². The lowest BCUT2D eigenvalue weighted by Crippen LogP contribution is -2.63. The molecule has 2 aliphatic heterocycles. The molecule has 2 saturated heterocycles. The molecule has 2 rings (SSSR count). The first-order valence-electron chi connectivity index (χ1n) is 8.73. The molecule has 8 heteroatoms. The molecule has 7 nitrogen and oxygen atoms in total. The fraction of sp³-hybridized carbons (Fsp3) is 0.824. The monoisotopic (exact) mass is 374 g/mol. The lowest BCUT2D eigenvalue weighted by atomic mass is 9.87. The summed E-state index contributed by atoms with van der Waals surface area (Å²) in [7, 11) is -0.179. The molecule has 0 bridgehead atoms. The Balaban J connectivity index is 2.02. The van der Waals surface area contributed by atoms with E-state index in [0.29, 0.717) is 12.8 Å². The highest BCUT2D eigenvalue weighted by molar-refractivity contribution is 6.80. The van der Waals surface area contributed by atoms with Gasteiger partial charge in [-0.25, -0.2) is 0 Å². The molecule has 2 aliphatic rings. The van der Waals surface area contributed by atoms with Gasteiger partial charge in [-0.05, 0) is 12.8 Å². The first-order valence-corrected chi connectivity index (χ1v) is 12.3. The minimum absolute atomic E-state index is 0.105. The Bertz CT molecular complexity index is 488. The van der Waals surface area contributed by atoms with Crippen LogP contribution in [-0.4, -0.2) is 79.2 Å². The summed E-state index contributed by atoms with van der Waals surface area (Å²) in [6.07, 6.45) is -2.93. The average Bonchev–Trinajstić information content (AvgIpc) is 2.55. The third-order valence-electron chi connectivity index (χ3n) is 4.60. The highest BCUT2D eigenvalue weighted by Crippen LogP contribution is 2.34. The van der Waals surface area contributed by atoms with Crippen LogP contribution in [0.2, 0.25) is 19.6 Å². The predicted octanol–water partition coefficient (Wildman–Crippen LogP) is 0.381. The molecule has 6 unspecified atom stereocenters. The number of esters is 1. The van der Waals surface area contributed by atoms with Crippen LogP contribution in [0.15, 0.2) is 11.8 Å². The molecule has 0 aliphatic carbocycles. The van der Waals surface area contributed by atoms with Crippen molar-refractivity contribution in [3.05, 3.63) is 11.8 Å². The number of aliphatic hydroxyl groups excluding tert-OH is 3. The molecule has 144 valence electrons. The van der Waals surface area contributed by atoms with Crippen LogP contribution < -0.4 is 0 Å². The normalized spacial score (nSPS) is 37.6. The average molecular weight is 375 g/mol. The van der Waals surface area contributed by atoms with Crippen LogP contribution >= 0.6 is 0 Å². The van der Waals surface area contributed by atoms with Crippen LogP contribution in [0.4, 0.5) is 0 Å². The first kappa shape index (κ1) is 20.5. The molecule has 2 heterocycles. The fourth-order valence-electron chi connectivity index (χ4n) is 3.21. The Hall–Kier alpha value is -0.773. The van der Waals surface area contributed by atoms with Gasteiger partial charge >= 0.3 is 5.97 Å². The molecule has 0 spiro atoms. The number of fused-ring (bicyclic) bond motifs is 1. The molecule has 0 aromatic rings. The summed E-state index contributed by atoms with van der Waals surface area (Å²) in [4.78, 5) is 11.4. The maximum Gasteiger partial charge on any atom is 0.308 e. The Morgan fingerprint density at radius 1 is 1.24 bits per heavy atom. The second-order valence-corrected chi connectivity index (χ2v) is 13.0. The number of hydrogen-bond donors (Lipinski definition) is 3. The first-order chi connectivity index (χ1) is 11.6. The molecule has 0 aromatic carbocycles. The van der Waals surface area contributed by atoms with Crippen LogP contribution in [0.1, 0.15) is 19.3 Å². The molecule has 0 amide bonds. The van der Waals surface area contributed by atoms with Gasteiger partial charge in [0.2, 0.25) is 0 Å². The highest BCUT2D eigenvalue weighted by Gasteiger charge is 2.49. The van der Waals surface area contributed by atoms with Gasteiger partial charge in [0.15, 0.2) is 0 Å². The summed E-state index contributed by atoms with van der Waals surface area (Å²) >= 11 is 0. The number of carbonyl (C=O) groups is 1. The van der Waals surface area contributed by atoms with Gasteiger partial charge < -0.3 is 29.5 Å². The van der Waals surface area contributed by atoms with Crippen molar-refractivity contribution in [1.82, 2.24) is 0 Å². The van der Waals surface area contributed by atoms with Gasteiger partial charge in [-0.2, -0.15) is 0 Å². The second kappa shape index (κ2) is 8.28. The molecule has 2 fully saturated rings. The van der Waals surface area contributed by atoms with E-state index in [9.17, 15) is 20.1 Å². The van der Waals surface area contributed by atoms with E-state index in [1.54, 1.807) is 6.08 Å². The second-order valence-electron chi connectivity index (χ2n) is 7.92. The predicted molar refractivity (Wildman–Crippen MR) is 93.7 cm³/mol. The molecular weight excluding hydrogens is 344 g/mol. The molecule has 0 aromatic heterocycles. The molecule has 25 heavy (non-hydrogen) atoms. The van der Waals surface area contributed by atoms with Crippen LogP contribution in [0.25, 0.3) is 0 Å². The highest BCUT2D eigenvalue weighted by atomic mass is 28.3. The lowest BCUT2D eigenvalue weighted by Gasteiger charge is -2.47. The van der Waals surface area contributed by atoms with E-state index >= 15 is 0 Å². The Labute approximate surface area is 149 Å². The Kier molecular flexibility index (Phi) is 6.80. The Morgan fingerprint density at radius 2 is 1.92 bits per heavy atom. The van der Waals surface area contributed by atoms with Crippen molar-refractivity contribution < 1.29 is 34.3 Å². The van der Waals surface area contributed by atoms with Crippen molar-refractivity contribution >= 4 is 14.0 Å². The third kappa shape index (κ3) is 5.35. The minimum atomic E-state index is -1.49. The zero-order valence-corrected chi connectivity index (χ0v) is 16.3. The van der Waals surface area contributed by atoms with Crippen LogP contribution in [0, 0.1) is 0 Å². The molecule has 0 radical (unpaired) electrons. The van der Waals surface area contributed by atoms with Crippen molar-refractivity contribution in [3.63, 3.8) is 0 Å². The van der Waals surface area contributed by atoms with Crippen LogP contribution in [-0.2, 0) is 19.0 Å². The van der Waals surface area contributed by atoms with E-state index in [1.807, 2.05) is 5.70 Å². The summed E-state index contributed by atoms with van der Waals surface area (Å²) in [5.74, 6) is -0.375. The number of carbonyl (C=O) groups excluding carboxylic acids is 1. The van der Waals surface area contributed by atoms with Crippen molar-refractivity contribution in [3.8, 4) is 0 Å². The number of methoxy groups -OCH3 is 1. The molecule has 0 saturated carbocycles. The standard InChI is InChI=1S/C17H30O7Si/c1-22-13(19)9-10-5-6-12-17(23-10)15(21)14(20)16(24-12)11(18)7-8-25(2,3)4/h7-8,10-12,14-18,20-21H,5-6,9H2,1-4H3/b8-7+/t10?,11?,12?,14?,15?,16?,17-/m0/s1. The van der Waals surface area contributed by atoms with E-state index < -0.39 is 44.7 Å². The SMILES string of the molecule is COC(=O)CC1CCC2OC(C(O)/C=C/[Si](C)(C)C)C(O)C(O)[C@H]2O1. The smallest absolute Gasteiger partial charge is 0.308 e. The lowest BCUT2D eigenvalue weighted by molar-refractivity contribution is -0.274. The minimum Gasteiger partial charge on any atom is -0.469 e. The fourth-order valence-corrected chi connectivity index (χ4v) is 3.98. The maximum absolute atomic E-state index is 11.4. The van der Waals surface area contributed by atoms with E-state index in [2.05, 4.69) is 24.4 Å². The molecule has 3 N–H and O–H groups in total. The number of rotatable bonds is 5. The topological polar surface area (TPSA) is 105 Å². The van der Waals surface area contributed by atoms with Crippen LogP contribution in [0.3, 0.4) is 0 Å². The summed E-state index contributed by atoms with van der Waals surface area (Å²) in [5, 5.41) is 31.1. The van der Waals surface area contributed by atoms with Gasteiger partial charge in [0, 0.05) is 0 Å².